The van der Waals surface area contributed by atoms with Crippen LogP contribution in [0.15, 0.2) is 0 Å². The summed E-state index contributed by atoms with van der Waals surface area (Å²) >= 11 is 0. The second-order valence-corrected chi connectivity index (χ2v) is 10.9. The highest BCUT2D eigenvalue weighted by atomic mass is 31.2. The van der Waals surface area contributed by atoms with Crippen LogP contribution in [0, 0.1) is 0 Å². The molecular formula is C12H29N2O9P3. The highest BCUT2D eigenvalue weighted by Crippen LogP contribution is 2.74. The molecule has 2 atom stereocenters. The van der Waals surface area contributed by atoms with Crippen LogP contribution in [0.4, 0.5) is 0 Å². The molecule has 26 heavy (non-hydrogen) atoms. The second-order valence-electron chi connectivity index (χ2n) is 5.84. The van der Waals surface area contributed by atoms with E-state index >= 15 is 0 Å². The van der Waals surface area contributed by atoms with Crippen molar-refractivity contribution in [1.29, 1.82) is 0 Å². The highest BCUT2D eigenvalue weighted by Gasteiger charge is 2.65. The van der Waals surface area contributed by atoms with Crippen molar-refractivity contribution in [3.63, 3.8) is 0 Å². The summed E-state index contributed by atoms with van der Waals surface area (Å²) in [6, 6.07) is 0. The molecule has 0 saturated carbocycles. The number of nitrogens with one attached hydrogen (secondary N) is 1. The topological polar surface area (TPSA) is 185 Å². The summed E-state index contributed by atoms with van der Waals surface area (Å²) in [7, 11) is -12.7. The van der Waals surface area contributed by atoms with Gasteiger partial charge in [-0.3, -0.25) is 28.5 Å². The molecular weight excluding hydrogens is 409 g/mol. The number of nitrogens with zero attached hydrogens (tertiary/aromatic N) is 1. The van der Waals surface area contributed by atoms with Crippen LogP contribution in [0.1, 0.15) is 52.4 Å². The van der Waals surface area contributed by atoms with E-state index in [2.05, 4.69) is 5.32 Å². The van der Waals surface area contributed by atoms with Crippen molar-refractivity contribution in [2.75, 3.05) is 13.1 Å². The monoisotopic (exact) mass is 438 g/mol. The van der Waals surface area contributed by atoms with Gasteiger partial charge in [0.05, 0.1) is 0 Å². The first-order chi connectivity index (χ1) is 11.9. The molecule has 2 unspecified atom stereocenters. The molecule has 0 radical (unpaired) electrons. The lowest BCUT2D eigenvalue weighted by Gasteiger charge is -2.46. The maximum absolute atomic E-state index is 12.9. The summed E-state index contributed by atoms with van der Waals surface area (Å²) in [4.78, 5) is 56.2. The summed E-state index contributed by atoms with van der Waals surface area (Å²) in [5.41, 5.74) is 0. The molecule has 1 aliphatic rings. The molecule has 0 aromatic rings. The predicted octanol–water partition coefficient (Wildman–Crippen LogP) is 1.18. The third kappa shape index (κ3) is 6.51. The molecule has 0 bridgehead atoms. The standard InChI is InChI=1S/C12H26N2O6P2.H3O3P/c1-3-5-9-13-12(22(18,19)20)8-7-11(15)14(10-6-4-2)21(12,16)17;1-4(2)3/h13H,3-10H2,1-2H3,(H,16,17)(H2,18,19,20);4H,(H2,1,2,3). The van der Waals surface area contributed by atoms with Crippen LogP contribution in [-0.2, 0) is 18.5 Å². The van der Waals surface area contributed by atoms with Crippen LogP contribution >= 0.6 is 23.4 Å². The fourth-order valence-corrected chi connectivity index (χ4v) is 6.89. The van der Waals surface area contributed by atoms with Crippen molar-refractivity contribution >= 4 is 29.3 Å². The lowest BCUT2D eigenvalue weighted by atomic mass is 10.2. The van der Waals surface area contributed by atoms with Gasteiger partial charge in [0.25, 0.3) is 0 Å². The van der Waals surface area contributed by atoms with Gasteiger partial charge in [-0.2, -0.15) is 0 Å². The Bertz CT molecular complexity index is 578. The van der Waals surface area contributed by atoms with Crippen LogP contribution in [-0.4, -0.2) is 53.2 Å². The minimum atomic E-state index is -4.95. The van der Waals surface area contributed by atoms with Crippen molar-refractivity contribution in [3.05, 3.63) is 0 Å². The molecule has 1 fully saturated rings. The minimum absolute atomic E-state index is 0.0281. The van der Waals surface area contributed by atoms with E-state index in [1.54, 1.807) is 0 Å². The zero-order chi connectivity index (χ0) is 20.6. The van der Waals surface area contributed by atoms with Gasteiger partial charge in [-0.1, -0.05) is 26.7 Å². The van der Waals surface area contributed by atoms with Gasteiger partial charge in [-0.15, -0.1) is 0 Å². The summed E-state index contributed by atoms with van der Waals surface area (Å²) in [5, 5.41) is 0.370. The van der Waals surface area contributed by atoms with Gasteiger partial charge in [0, 0.05) is 13.0 Å². The summed E-state index contributed by atoms with van der Waals surface area (Å²) in [6.07, 6.45) is 2.11. The van der Waals surface area contributed by atoms with Gasteiger partial charge in [0.15, 0.2) is 0 Å². The maximum Gasteiger partial charge on any atom is 0.357 e. The van der Waals surface area contributed by atoms with E-state index in [9.17, 15) is 28.6 Å². The van der Waals surface area contributed by atoms with Gasteiger partial charge >= 0.3 is 23.4 Å². The Morgan fingerprint density at radius 2 is 1.77 bits per heavy atom. The Morgan fingerprint density at radius 1 is 1.27 bits per heavy atom. The molecule has 1 rings (SSSR count). The second kappa shape index (κ2) is 11.1. The predicted molar refractivity (Wildman–Crippen MR) is 96.8 cm³/mol. The molecule has 1 amide bonds. The summed E-state index contributed by atoms with van der Waals surface area (Å²) in [5.74, 6) is -0.527. The van der Waals surface area contributed by atoms with E-state index < -0.39 is 34.3 Å². The molecule has 6 N–H and O–H groups in total. The van der Waals surface area contributed by atoms with E-state index in [1.165, 1.54) is 0 Å². The third-order valence-corrected chi connectivity index (χ3v) is 9.26. The zero-order valence-corrected chi connectivity index (χ0v) is 17.7. The van der Waals surface area contributed by atoms with Gasteiger partial charge in [0.2, 0.25) is 10.9 Å². The summed E-state index contributed by atoms with van der Waals surface area (Å²) in [6.45, 7) is 4.01. The van der Waals surface area contributed by atoms with Crippen LogP contribution in [0.2, 0.25) is 0 Å². The quantitative estimate of drug-likeness (QED) is 0.237. The molecule has 1 heterocycles. The van der Waals surface area contributed by atoms with Gasteiger partial charge in [-0.25, -0.2) is 0 Å². The molecule has 14 heteroatoms. The Balaban J connectivity index is 0.00000141. The van der Waals surface area contributed by atoms with E-state index in [1.807, 2.05) is 13.8 Å². The molecule has 156 valence electrons. The van der Waals surface area contributed by atoms with Crippen molar-refractivity contribution in [2.24, 2.45) is 0 Å². The zero-order valence-electron chi connectivity index (χ0n) is 14.9. The average molecular weight is 438 g/mol. The molecule has 1 saturated heterocycles. The number of carbonyl (C=O) groups is 1. The van der Waals surface area contributed by atoms with Crippen LogP contribution < -0.4 is 5.32 Å². The van der Waals surface area contributed by atoms with Gasteiger partial charge < -0.3 is 24.5 Å². The first kappa shape index (κ1) is 25.9. The van der Waals surface area contributed by atoms with Crippen molar-refractivity contribution in [3.8, 4) is 0 Å². The largest absolute Gasteiger partial charge is 0.357 e. The maximum atomic E-state index is 12.9. The smallest absolute Gasteiger partial charge is 0.327 e. The number of amides is 1. The van der Waals surface area contributed by atoms with Crippen molar-refractivity contribution in [2.45, 2.75) is 57.4 Å². The fraction of sp³-hybridized carbons (Fsp3) is 0.917. The third-order valence-electron chi connectivity index (χ3n) is 3.93. The molecule has 11 nitrogen and oxygen atoms in total. The van der Waals surface area contributed by atoms with Gasteiger partial charge in [-0.05, 0) is 25.8 Å². The summed E-state index contributed by atoms with van der Waals surface area (Å²) < 4.78 is 34.4. The van der Waals surface area contributed by atoms with Crippen LogP contribution in [0.5, 0.6) is 0 Å². The normalized spacial score (nSPS) is 26.6. The minimum Gasteiger partial charge on any atom is -0.327 e. The van der Waals surface area contributed by atoms with E-state index in [-0.39, 0.29) is 25.9 Å². The highest BCUT2D eigenvalue weighted by molar-refractivity contribution is 7.74. The molecule has 0 aromatic carbocycles. The number of unbranched alkanes of at least 4 members (excludes halogenated alkanes) is 2. The van der Waals surface area contributed by atoms with Crippen molar-refractivity contribution in [1.82, 2.24) is 9.99 Å². The lowest BCUT2D eigenvalue weighted by Crippen LogP contribution is -2.53. The average Bonchev–Trinajstić information content (AvgIpc) is 2.47. The number of carbonyl (C=O) groups excluding carboxylic acids is 1. The SMILES string of the molecule is CCCCNC1(P(=O)(O)O)CCC(=O)N(CCCC)P1(=O)O.O=[PH](O)O. The molecule has 0 aromatic heterocycles. The fourth-order valence-electron chi connectivity index (χ4n) is 2.55. The van der Waals surface area contributed by atoms with E-state index in [0.29, 0.717) is 19.3 Å². The Kier molecular flexibility index (Phi) is 11.0. The number of hydrogen-bond donors (Lipinski definition) is 6. The first-order valence-electron chi connectivity index (χ1n) is 8.23. The van der Waals surface area contributed by atoms with Crippen LogP contribution in [0.25, 0.3) is 0 Å². The first-order valence-corrected chi connectivity index (χ1v) is 12.8. The lowest BCUT2D eigenvalue weighted by molar-refractivity contribution is -0.128. The number of hydrogen-bond acceptors (Lipinski definition) is 5. The molecule has 0 spiro atoms. The van der Waals surface area contributed by atoms with E-state index in [0.717, 1.165) is 11.1 Å². The molecule has 0 aliphatic carbocycles. The van der Waals surface area contributed by atoms with Gasteiger partial charge in [0.1, 0.15) is 0 Å². The van der Waals surface area contributed by atoms with Crippen LogP contribution in [0.3, 0.4) is 0 Å². The Labute approximate surface area is 153 Å². The Hall–Kier alpha value is -0.0800. The Morgan fingerprint density at radius 3 is 2.19 bits per heavy atom. The van der Waals surface area contributed by atoms with Crippen molar-refractivity contribution < 1.29 is 43.0 Å². The number of rotatable bonds is 8. The molecule has 1 aliphatic heterocycles. The van der Waals surface area contributed by atoms with E-state index in [4.69, 9.17) is 14.4 Å².